The van der Waals surface area contributed by atoms with Crippen molar-refractivity contribution < 1.29 is 28.5 Å². The summed E-state index contributed by atoms with van der Waals surface area (Å²) < 4.78 is 30.9. The first-order chi connectivity index (χ1) is 16.0. The van der Waals surface area contributed by atoms with Crippen molar-refractivity contribution in [1.29, 1.82) is 0 Å². The van der Waals surface area contributed by atoms with Gasteiger partial charge in [-0.1, -0.05) is 30.3 Å². The molecule has 3 aromatic rings. The predicted octanol–water partition coefficient (Wildman–Crippen LogP) is 4.90. The number of hydrogen-bond acceptors (Lipinski definition) is 5. The number of methoxy groups -OCH3 is 3. The van der Waals surface area contributed by atoms with E-state index in [0.29, 0.717) is 33.9 Å². The second-order valence-corrected chi connectivity index (χ2v) is 7.53. The second-order valence-electron chi connectivity index (χ2n) is 7.53. The summed E-state index contributed by atoms with van der Waals surface area (Å²) in [5.41, 5.74) is 1.91. The topological polar surface area (TPSA) is 68.2 Å². The summed E-state index contributed by atoms with van der Waals surface area (Å²) in [4.78, 5) is 14.7. The Hall–Kier alpha value is -4.00. The highest BCUT2D eigenvalue weighted by molar-refractivity contribution is 6.05. The van der Waals surface area contributed by atoms with Crippen molar-refractivity contribution in [2.24, 2.45) is 0 Å². The molecule has 0 saturated heterocycles. The monoisotopic (exact) mass is 449 g/mol. The Kier molecular flexibility index (Phi) is 6.22. The highest BCUT2D eigenvalue weighted by Gasteiger charge is 2.42. The molecule has 170 valence electrons. The largest absolute Gasteiger partial charge is 0.503 e. The summed E-state index contributed by atoms with van der Waals surface area (Å²) in [5, 5.41) is 10.9. The number of halogens is 1. The van der Waals surface area contributed by atoms with Crippen LogP contribution in [0, 0.1) is 5.82 Å². The van der Waals surface area contributed by atoms with Crippen LogP contribution in [0.5, 0.6) is 17.2 Å². The lowest BCUT2D eigenvalue weighted by atomic mass is 9.93. The van der Waals surface area contributed by atoms with Crippen molar-refractivity contribution in [2.75, 3.05) is 21.3 Å². The van der Waals surface area contributed by atoms with Crippen LogP contribution in [0.4, 0.5) is 4.39 Å². The lowest BCUT2D eigenvalue weighted by Crippen LogP contribution is -2.30. The maximum absolute atomic E-state index is 15.0. The molecule has 1 N–H and O–H groups in total. The summed E-state index contributed by atoms with van der Waals surface area (Å²) >= 11 is 0. The number of carbonyl (C=O) groups is 1. The SMILES string of the molecule is COc1ccc(C2=C(O)C(=O)N(Cc3ccc(OC)cc3OC)[C@H]2c2ccccc2F)cc1. The van der Waals surface area contributed by atoms with Gasteiger partial charge in [0.15, 0.2) is 5.76 Å². The summed E-state index contributed by atoms with van der Waals surface area (Å²) in [6.45, 7) is 0.0920. The number of rotatable bonds is 7. The van der Waals surface area contributed by atoms with Crippen molar-refractivity contribution in [1.82, 2.24) is 4.90 Å². The summed E-state index contributed by atoms with van der Waals surface area (Å²) in [5.74, 6) is 0.279. The van der Waals surface area contributed by atoms with Crippen LogP contribution in [0.15, 0.2) is 72.5 Å². The molecule has 0 unspecified atom stereocenters. The van der Waals surface area contributed by atoms with Crippen LogP contribution in [-0.4, -0.2) is 37.2 Å². The van der Waals surface area contributed by atoms with Gasteiger partial charge in [-0.2, -0.15) is 0 Å². The van der Waals surface area contributed by atoms with Crippen molar-refractivity contribution in [3.63, 3.8) is 0 Å². The maximum Gasteiger partial charge on any atom is 0.290 e. The van der Waals surface area contributed by atoms with E-state index in [1.54, 1.807) is 74.9 Å². The molecular formula is C26H24FNO5. The van der Waals surface area contributed by atoms with Crippen LogP contribution in [-0.2, 0) is 11.3 Å². The van der Waals surface area contributed by atoms with Gasteiger partial charge in [0.1, 0.15) is 23.1 Å². The molecule has 0 saturated carbocycles. The number of ether oxygens (including phenoxy) is 3. The second kappa shape index (κ2) is 9.24. The van der Waals surface area contributed by atoms with Crippen LogP contribution in [0.2, 0.25) is 0 Å². The maximum atomic E-state index is 15.0. The molecule has 1 aliphatic heterocycles. The quantitative estimate of drug-likeness (QED) is 0.556. The summed E-state index contributed by atoms with van der Waals surface area (Å²) in [6, 6.07) is 17.6. The zero-order valence-electron chi connectivity index (χ0n) is 18.5. The van der Waals surface area contributed by atoms with Crippen molar-refractivity contribution >= 4 is 11.5 Å². The molecule has 3 aromatic carbocycles. The van der Waals surface area contributed by atoms with E-state index >= 15 is 0 Å². The Labute approximate surface area is 191 Å². The number of amides is 1. The van der Waals surface area contributed by atoms with Gasteiger partial charge in [0, 0.05) is 22.8 Å². The van der Waals surface area contributed by atoms with E-state index in [2.05, 4.69) is 0 Å². The number of hydrogen-bond donors (Lipinski definition) is 1. The van der Waals surface area contributed by atoms with Gasteiger partial charge in [0.2, 0.25) is 0 Å². The predicted molar refractivity (Wildman–Crippen MR) is 122 cm³/mol. The fourth-order valence-electron chi connectivity index (χ4n) is 4.07. The molecule has 4 rings (SSSR count). The molecule has 0 spiro atoms. The molecule has 0 aromatic heterocycles. The van der Waals surface area contributed by atoms with Crippen LogP contribution in [0.3, 0.4) is 0 Å². The first-order valence-corrected chi connectivity index (χ1v) is 10.3. The summed E-state index contributed by atoms with van der Waals surface area (Å²) in [7, 11) is 4.63. The molecule has 6 nitrogen and oxygen atoms in total. The third-order valence-electron chi connectivity index (χ3n) is 5.74. The van der Waals surface area contributed by atoms with Gasteiger partial charge in [-0.3, -0.25) is 4.79 Å². The van der Waals surface area contributed by atoms with E-state index in [4.69, 9.17) is 14.2 Å². The van der Waals surface area contributed by atoms with Crippen LogP contribution in [0.25, 0.3) is 5.57 Å². The minimum Gasteiger partial charge on any atom is -0.503 e. The van der Waals surface area contributed by atoms with Crippen LogP contribution >= 0.6 is 0 Å². The fourth-order valence-corrected chi connectivity index (χ4v) is 4.07. The number of benzene rings is 3. The molecule has 0 bridgehead atoms. The van der Waals surface area contributed by atoms with E-state index < -0.39 is 23.5 Å². The number of carbonyl (C=O) groups excluding carboxylic acids is 1. The van der Waals surface area contributed by atoms with Crippen LogP contribution in [0.1, 0.15) is 22.7 Å². The third-order valence-corrected chi connectivity index (χ3v) is 5.74. The molecule has 1 atom stereocenters. The molecule has 1 aliphatic rings. The molecule has 0 aliphatic carbocycles. The Balaban J connectivity index is 1.82. The number of aliphatic hydroxyl groups excluding tert-OH is 1. The van der Waals surface area contributed by atoms with Gasteiger partial charge in [-0.15, -0.1) is 0 Å². The average molecular weight is 449 g/mol. The molecule has 33 heavy (non-hydrogen) atoms. The lowest BCUT2D eigenvalue weighted by Gasteiger charge is -2.28. The van der Waals surface area contributed by atoms with Gasteiger partial charge in [0.25, 0.3) is 5.91 Å². The van der Waals surface area contributed by atoms with Gasteiger partial charge in [0.05, 0.1) is 33.9 Å². The Morgan fingerprint density at radius 3 is 2.21 bits per heavy atom. The van der Waals surface area contributed by atoms with Gasteiger partial charge >= 0.3 is 0 Å². The molecule has 1 amide bonds. The molecular weight excluding hydrogens is 425 g/mol. The first-order valence-electron chi connectivity index (χ1n) is 10.3. The number of nitrogens with zero attached hydrogens (tertiary/aromatic N) is 1. The van der Waals surface area contributed by atoms with E-state index in [9.17, 15) is 14.3 Å². The lowest BCUT2D eigenvalue weighted by molar-refractivity contribution is -0.130. The van der Waals surface area contributed by atoms with E-state index in [1.807, 2.05) is 0 Å². The average Bonchev–Trinajstić information content (AvgIpc) is 3.09. The molecule has 0 radical (unpaired) electrons. The number of aliphatic hydroxyl groups is 1. The molecule has 1 heterocycles. The summed E-state index contributed by atoms with van der Waals surface area (Å²) in [6.07, 6.45) is 0. The zero-order valence-corrected chi connectivity index (χ0v) is 18.5. The minimum absolute atomic E-state index is 0.0920. The van der Waals surface area contributed by atoms with E-state index in [-0.39, 0.29) is 12.1 Å². The minimum atomic E-state index is -0.834. The highest BCUT2D eigenvalue weighted by Crippen LogP contribution is 2.45. The van der Waals surface area contributed by atoms with E-state index in [1.165, 1.54) is 18.1 Å². The van der Waals surface area contributed by atoms with Crippen molar-refractivity contribution in [2.45, 2.75) is 12.6 Å². The van der Waals surface area contributed by atoms with Crippen molar-refractivity contribution in [3.8, 4) is 17.2 Å². The Morgan fingerprint density at radius 1 is 0.909 bits per heavy atom. The smallest absolute Gasteiger partial charge is 0.290 e. The zero-order chi connectivity index (χ0) is 23.5. The first kappa shape index (κ1) is 22.2. The van der Waals surface area contributed by atoms with Crippen LogP contribution < -0.4 is 14.2 Å². The normalized spacial score (nSPS) is 15.7. The van der Waals surface area contributed by atoms with Crippen molar-refractivity contribution in [3.05, 3.63) is 95.0 Å². The Bertz CT molecular complexity index is 1210. The molecule has 0 fully saturated rings. The van der Waals surface area contributed by atoms with Gasteiger partial charge < -0.3 is 24.2 Å². The highest BCUT2D eigenvalue weighted by atomic mass is 19.1. The fraction of sp³-hybridized carbons (Fsp3) is 0.192. The van der Waals surface area contributed by atoms with Gasteiger partial charge in [-0.05, 0) is 35.9 Å². The van der Waals surface area contributed by atoms with E-state index in [0.717, 1.165) is 0 Å². The standard InChI is InChI=1S/C26H24FNO5/c1-31-18-11-8-16(9-12-18)23-24(20-6-4-5-7-21(20)27)28(26(30)25(23)29)15-17-10-13-19(32-2)14-22(17)33-3/h4-14,24,29H,15H2,1-3H3/t24-/m0/s1. The van der Waals surface area contributed by atoms with Gasteiger partial charge in [-0.25, -0.2) is 4.39 Å². The Morgan fingerprint density at radius 2 is 1.58 bits per heavy atom. The third kappa shape index (κ3) is 4.09. The molecule has 7 heteroatoms.